The molecule has 12 heteroatoms. The van der Waals surface area contributed by atoms with E-state index in [1.54, 1.807) is 17.2 Å². The van der Waals surface area contributed by atoms with Crippen molar-refractivity contribution in [3.8, 4) is 18.4 Å². The number of hydrogen-bond donors (Lipinski definition) is 2. The number of β-amino-alcohol motifs (C(OH)–C–C–N with tert-alkyl or cyclic N) is 1. The summed E-state index contributed by atoms with van der Waals surface area (Å²) in [5.74, 6) is 3.17. The van der Waals surface area contributed by atoms with Gasteiger partial charge in [0, 0.05) is 50.4 Å². The van der Waals surface area contributed by atoms with Crippen molar-refractivity contribution in [1.82, 2.24) is 19.9 Å². The summed E-state index contributed by atoms with van der Waals surface area (Å²) in [6.07, 6.45) is 14.5. The molecule has 2 aromatic heterocycles. The van der Waals surface area contributed by atoms with Gasteiger partial charge in [-0.2, -0.15) is 9.97 Å². The number of aromatic nitrogens is 3. The predicted molar refractivity (Wildman–Crippen MR) is 197 cm³/mol. The van der Waals surface area contributed by atoms with Gasteiger partial charge in [-0.3, -0.25) is 4.79 Å². The molecule has 4 aliphatic rings. The third-order valence-electron chi connectivity index (χ3n) is 11.2. The molecule has 0 unspecified atom stereocenters. The van der Waals surface area contributed by atoms with Gasteiger partial charge in [0.2, 0.25) is 5.91 Å². The highest BCUT2D eigenvalue weighted by atomic mass is 19.1. The van der Waals surface area contributed by atoms with E-state index in [1.807, 2.05) is 48.0 Å². The molecule has 10 nitrogen and oxygen atoms in total. The molecule has 52 heavy (non-hydrogen) atoms. The summed E-state index contributed by atoms with van der Waals surface area (Å²) in [5, 5.41) is 14.4. The Morgan fingerprint density at radius 1 is 1.23 bits per heavy atom. The zero-order valence-electron chi connectivity index (χ0n) is 29.7. The fourth-order valence-electron chi connectivity index (χ4n) is 8.45. The fraction of sp³-hybridized carbons (Fsp3) is 0.450. The first kappa shape index (κ1) is 35.4. The van der Waals surface area contributed by atoms with Gasteiger partial charge in [0.25, 0.3) is 0 Å². The number of amides is 1. The second-order valence-electron chi connectivity index (χ2n) is 14.7. The molecule has 0 radical (unpaired) electrons. The Morgan fingerprint density at radius 2 is 2.04 bits per heavy atom. The smallest absolute Gasteiger partial charge is 0.319 e. The first-order valence-corrected chi connectivity index (χ1v) is 18.0. The van der Waals surface area contributed by atoms with Crippen LogP contribution in [0.2, 0.25) is 0 Å². The number of likely N-dealkylation sites (N-methyl/N-ethyl adjacent to an activating group) is 1. The van der Waals surface area contributed by atoms with Crippen LogP contribution in [0.4, 0.5) is 26.1 Å². The van der Waals surface area contributed by atoms with Crippen molar-refractivity contribution >= 4 is 29.3 Å². The lowest BCUT2D eigenvalue weighted by molar-refractivity contribution is -0.129. The zero-order chi connectivity index (χ0) is 36.6. The van der Waals surface area contributed by atoms with Crippen molar-refractivity contribution in [2.45, 2.75) is 81.6 Å². The molecule has 7 rings (SSSR count). The van der Waals surface area contributed by atoms with Crippen LogP contribution in [0.1, 0.15) is 67.8 Å². The lowest BCUT2D eigenvalue weighted by Crippen LogP contribution is -2.51. The van der Waals surface area contributed by atoms with E-state index in [2.05, 4.69) is 22.8 Å². The zero-order valence-corrected chi connectivity index (χ0v) is 29.7. The number of benzene rings is 1. The van der Waals surface area contributed by atoms with E-state index in [9.17, 15) is 18.7 Å². The topological polar surface area (TPSA) is 107 Å². The highest BCUT2D eigenvalue weighted by Crippen LogP contribution is 2.41. The van der Waals surface area contributed by atoms with Crippen LogP contribution in [0.5, 0.6) is 6.01 Å². The molecule has 3 aromatic rings. The van der Waals surface area contributed by atoms with E-state index in [1.165, 1.54) is 12.1 Å². The monoisotopic (exact) mass is 709 g/mol. The molecule has 1 amide bonds. The van der Waals surface area contributed by atoms with E-state index in [-0.39, 0.29) is 43.6 Å². The number of nitrogens with zero attached hydrogens (tertiary/aromatic N) is 6. The van der Waals surface area contributed by atoms with Gasteiger partial charge in [-0.15, -0.1) is 6.42 Å². The maximum absolute atomic E-state index is 15.0. The summed E-state index contributed by atoms with van der Waals surface area (Å²) in [6, 6.07) is 8.72. The van der Waals surface area contributed by atoms with Gasteiger partial charge in [0.15, 0.2) is 0 Å². The van der Waals surface area contributed by atoms with Crippen LogP contribution in [0.15, 0.2) is 54.9 Å². The molecule has 2 aliphatic carbocycles. The number of hydrogen-bond acceptors (Lipinski definition) is 9. The summed E-state index contributed by atoms with van der Waals surface area (Å²) < 4.78 is 36.3. The molecule has 1 saturated heterocycles. The average Bonchev–Trinajstić information content (AvgIpc) is 3.76. The standard InChI is InChI=1S/C40H45F2N7O3/c1-5-30-32(42)15-12-26-19-29(50)23-48(36(26)30)28-13-14-31-33(20-28)45-38(46-37(31)44-24-40(16-8-9-17-40)47(4)35(51)6-2)52-25-39(3)21-27(41)22-49(39)34-11-7-10-18-43-34/h1,6-7,10-12,15,18,20,27,29,50H,2,8-9,13-14,16-17,19,21-25H2,3-4H3,(H,44,45,46)/t27-,29-,39+/m1/s1. The van der Waals surface area contributed by atoms with Crippen LogP contribution in [0.3, 0.4) is 0 Å². The number of terminal acetylenes is 1. The number of allylic oxidation sites excluding steroid dienone is 1. The largest absolute Gasteiger partial charge is 0.461 e. The minimum Gasteiger partial charge on any atom is -0.461 e. The van der Waals surface area contributed by atoms with E-state index < -0.39 is 29.2 Å². The highest BCUT2D eigenvalue weighted by molar-refractivity contribution is 5.87. The number of halogens is 2. The van der Waals surface area contributed by atoms with E-state index in [0.717, 1.165) is 42.5 Å². The number of alkyl halides is 1. The Labute approximate surface area is 303 Å². The fourth-order valence-corrected chi connectivity index (χ4v) is 8.45. The van der Waals surface area contributed by atoms with E-state index in [4.69, 9.17) is 21.1 Å². The highest BCUT2D eigenvalue weighted by Gasteiger charge is 2.44. The van der Waals surface area contributed by atoms with Gasteiger partial charge < -0.3 is 29.9 Å². The number of carbonyl (C=O) groups is 1. The first-order chi connectivity index (χ1) is 25.0. The van der Waals surface area contributed by atoms with Crippen molar-refractivity contribution in [3.63, 3.8) is 0 Å². The Morgan fingerprint density at radius 3 is 2.77 bits per heavy atom. The predicted octanol–water partition coefficient (Wildman–Crippen LogP) is 5.46. The number of rotatable bonds is 10. The molecule has 0 bridgehead atoms. The summed E-state index contributed by atoms with van der Waals surface area (Å²) in [7, 11) is 1.82. The number of aliphatic hydroxyl groups is 1. The molecular formula is C40H45F2N7O3. The van der Waals surface area contributed by atoms with Crippen molar-refractivity contribution < 1.29 is 23.4 Å². The molecule has 2 fully saturated rings. The molecule has 1 saturated carbocycles. The molecule has 3 atom stereocenters. The minimum absolute atomic E-state index is 0.107. The van der Waals surface area contributed by atoms with Crippen molar-refractivity contribution in [1.29, 1.82) is 0 Å². The van der Waals surface area contributed by atoms with E-state index >= 15 is 0 Å². The maximum Gasteiger partial charge on any atom is 0.319 e. The summed E-state index contributed by atoms with van der Waals surface area (Å²) >= 11 is 0. The Hall–Kier alpha value is -5.02. The Bertz CT molecular complexity index is 1930. The van der Waals surface area contributed by atoms with Gasteiger partial charge in [-0.05, 0) is 68.5 Å². The molecule has 2 aliphatic heterocycles. The maximum atomic E-state index is 15.0. The van der Waals surface area contributed by atoms with Gasteiger partial charge >= 0.3 is 6.01 Å². The lowest BCUT2D eigenvalue weighted by atomic mass is 9.92. The number of fused-ring (bicyclic) bond motifs is 2. The average molecular weight is 710 g/mol. The normalized spacial score (nSPS) is 23.3. The van der Waals surface area contributed by atoms with Crippen LogP contribution in [0.25, 0.3) is 6.08 Å². The first-order valence-electron chi connectivity index (χ1n) is 18.0. The van der Waals surface area contributed by atoms with Gasteiger partial charge in [0.1, 0.15) is 30.2 Å². The van der Waals surface area contributed by atoms with Crippen LogP contribution in [-0.2, 0) is 17.6 Å². The lowest BCUT2D eigenvalue weighted by Gasteiger charge is -2.39. The van der Waals surface area contributed by atoms with Gasteiger partial charge in [0.05, 0.1) is 40.7 Å². The number of pyridine rings is 1. The quantitative estimate of drug-likeness (QED) is 0.210. The summed E-state index contributed by atoms with van der Waals surface area (Å²) in [5.41, 5.74) is 2.73. The van der Waals surface area contributed by atoms with Crippen molar-refractivity contribution in [2.75, 3.05) is 48.4 Å². The Kier molecular flexibility index (Phi) is 9.65. The number of nitrogens with one attached hydrogen (secondary N) is 1. The molecule has 2 N–H and O–H groups in total. The number of carbonyl (C=O) groups excluding carboxylic acids is 1. The van der Waals surface area contributed by atoms with Gasteiger partial charge in [-0.25, -0.2) is 13.8 Å². The number of anilines is 3. The van der Waals surface area contributed by atoms with E-state index in [0.29, 0.717) is 48.8 Å². The summed E-state index contributed by atoms with van der Waals surface area (Å²) in [4.78, 5) is 32.7. The third-order valence-corrected chi connectivity index (χ3v) is 11.2. The third kappa shape index (κ3) is 6.58. The molecular weight excluding hydrogens is 664 g/mol. The summed E-state index contributed by atoms with van der Waals surface area (Å²) in [6.45, 7) is 6.68. The number of aliphatic hydroxyl groups excluding tert-OH is 1. The second kappa shape index (κ2) is 14.2. The number of ether oxygens (including phenoxy) is 1. The molecule has 272 valence electrons. The van der Waals surface area contributed by atoms with Crippen molar-refractivity contribution in [2.24, 2.45) is 0 Å². The SMILES string of the molecule is C#Cc1c(F)ccc2c1N(C1=Cc3nc(OC[C@]4(C)C[C@@H](F)CN4c4ccccn4)nc(NCC4(N(C)C(=O)C=C)CCCC4)c3CC1)C[C@H](O)C2. The van der Waals surface area contributed by atoms with Crippen LogP contribution in [-0.4, -0.2) is 87.5 Å². The molecule has 1 aromatic carbocycles. The van der Waals surface area contributed by atoms with Gasteiger partial charge in [-0.1, -0.05) is 37.5 Å². The Balaban J connectivity index is 1.25. The second-order valence-corrected chi connectivity index (χ2v) is 14.7. The molecule has 4 heterocycles. The van der Waals surface area contributed by atoms with Crippen LogP contribution >= 0.6 is 0 Å². The minimum atomic E-state index is -1.05. The molecule has 0 spiro atoms. The van der Waals surface area contributed by atoms with Crippen molar-refractivity contribution in [3.05, 3.63) is 83.1 Å². The van der Waals surface area contributed by atoms with Crippen LogP contribution in [0, 0.1) is 18.2 Å². The van der Waals surface area contributed by atoms with Crippen LogP contribution < -0.4 is 19.9 Å².